The highest BCUT2D eigenvalue weighted by Gasteiger charge is 2.21. The number of methoxy groups -OCH3 is 1. The highest BCUT2D eigenvalue weighted by Crippen LogP contribution is 2.12. The van der Waals surface area contributed by atoms with Crippen LogP contribution < -0.4 is 10.6 Å². The zero-order chi connectivity index (χ0) is 13.9. The second kappa shape index (κ2) is 10.2. The van der Waals surface area contributed by atoms with E-state index in [4.69, 9.17) is 4.74 Å². The number of ether oxygens (including phenoxy) is 1. The first kappa shape index (κ1) is 16.4. The largest absolute Gasteiger partial charge is 0.383 e. The van der Waals surface area contributed by atoms with E-state index in [1.165, 1.54) is 25.7 Å². The number of rotatable bonds is 8. The van der Waals surface area contributed by atoms with Crippen LogP contribution in [-0.4, -0.2) is 63.3 Å². The van der Waals surface area contributed by atoms with Gasteiger partial charge in [0.25, 0.3) is 0 Å². The van der Waals surface area contributed by atoms with Gasteiger partial charge in [0.2, 0.25) is 5.91 Å². The van der Waals surface area contributed by atoms with Crippen LogP contribution in [0.2, 0.25) is 0 Å². The van der Waals surface area contributed by atoms with Gasteiger partial charge in [-0.3, -0.25) is 9.69 Å². The second-order valence-electron chi connectivity index (χ2n) is 5.16. The maximum Gasteiger partial charge on any atom is 0.237 e. The summed E-state index contributed by atoms with van der Waals surface area (Å²) < 4.78 is 4.94. The minimum Gasteiger partial charge on any atom is -0.383 e. The average molecular weight is 271 g/mol. The fourth-order valence-electron chi connectivity index (χ4n) is 2.37. The molecule has 0 spiro atoms. The van der Waals surface area contributed by atoms with Crippen molar-refractivity contribution in [1.29, 1.82) is 0 Å². The molecule has 1 saturated heterocycles. The van der Waals surface area contributed by atoms with Crippen LogP contribution in [0, 0.1) is 0 Å². The van der Waals surface area contributed by atoms with E-state index in [0.717, 1.165) is 26.2 Å². The summed E-state index contributed by atoms with van der Waals surface area (Å²) in [6, 6.07) is -0.00271. The lowest BCUT2D eigenvalue weighted by Gasteiger charge is -2.26. The van der Waals surface area contributed by atoms with Crippen LogP contribution in [0.15, 0.2) is 0 Å². The Morgan fingerprint density at radius 1 is 1.16 bits per heavy atom. The molecule has 1 fully saturated rings. The molecule has 1 heterocycles. The minimum absolute atomic E-state index is 0.00271. The van der Waals surface area contributed by atoms with Crippen LogP contribution in [-0.2, 0) is 9.53 Å². The Morgan fingerprint density at radius 2 is 1.84 bits per heavy atom. The number of carbonyl (C=O) groups is 1. The molecular formula is C14H29N3O2. The van der Waals surface area contributed by atoms with Crippen LogP contribution in [0.5, 0.6) is 0 Å². The quantitative estimate of drug-likeness (QED) is 0.635. The third kappa shape index (κ3) is 6.89. The Bertz CT molecular complexity index is 241. The van der Waals surface area contributed by atoms with Crippen molar-refractivity contribution in [2.45, 2.75) is 38.6 Å². The Kier molecular flexibility index (Phi) is 8.79. The number of likely N-dealkylation sites (tertiary alicyclic amines) is 1. The number of nitrogens with one attached hydrogen (secondary N) is 2. The topological polar surface area (TPSA) is 53.6 Å². The van der Waals surface area contributed by atoms with Crippen molar-refractivity contribution in [3.8, 4) is 0 Å². The summed E-state index contributed by atoms with van der Waals surface area (Å²) in [4.78, 5) is 14.3. The molecule has 5 heteroatoms. The van der Waals surface area contributed by atoms with Crippen molar-refractivity contribution < 1.29 is 9.53 Å². The summed E-state index contributed by atoms with van der Waals surface area (Å²) in [6.07, 6.45) is 5.04. The SMILES string of the molecule is COCCNCCNC(=O)C(C)N1CCCCCC1. The first-order valence-corrected chi connectivity index (χ1v) is 7.47. The molecule has 1 atom stereocenters. The summed E-state index contributed by atoms with van der Waals surface area (Å²) >= 11 is 0. The Hall–Kier alpha value is -0.650. The van der Waals surface area contributed by atoms with Gasteiger partial charge in [-0.25, -0.2) is 0 Å². The van der Waals surface area contributed by atoms with Gasteiger partial charge in [-0.05, 0) is 32.9 Å². The van der Waals surface area contributed by atoms with E-state index in [-0.39, 0.29) is 11.9 Å². The second-order valence-corrected chi connectivity index (χ2v) is 5.16. The zero-order valence-corrected chi connectivity index (χ0v) is 12.4. The maximum atomic E-state index is 12.0. The molecule has 0 aromatic carbocycles. The van der Waals surface area contributed by atoms with E-state index in [1.54, 1.807) is 7.11 Å². The van der Waals surface area contributed by atoms with Crippen molar-refractivity contribution in [2.75, 3.05) is 46.4 Å². The van der Waals surface area contributed by atoms with E-state index < -0.39 is 0 Å². The van der Waals surface area contributed by atoms with Crippen LogP contribution in [0.1, 0.15) is 32.6 Å². The lowest BCUT2D eigenvalue weighted by molar-refractivity contribution is -0.125. The van der Waals surface area contributed by atoms with Crippen molar-refractivity contribution in [2.24, 2.45) is 0 Å². The van der Waals surface area contributed by atoms with Gasteiger partial charge in [-0.15, -0.1) is 0 Å². The normalized spacial score (nSPS) is 18.8. The molecule has 0 aliphatic carbocycles. The van der Waals surface area contributed by atoms with Gasteiger partial charge in [0.15, 0.2) is 0 Å². The van der Waals surface area contributed by atoms with Crippen LogP contribution >= 0.6 is 0 Å². The molecule has 0 radical (unpaired) electrons. The highest BCUT2D eigenvalue weighted by molar-refractivity contribution is 5.81. The molecule has 1 amide bonds. The van der Waals surface area contributed by atoms with Gasteiger partial charge in [0, 0.05) is 26.7 Å². The van der Waals surface area contributed by atoms with E-state index in [1.807, 2.05) is 6.92 Å². The summed E-state index contributed by atoms with van der Waals surface area (Å²) in [6.45, 7) is 7.13. The predicted molar refractivity (Wildman–Crippen MR) is 77.3 cm³/mol. The third-order valence-electron chi connectivity index (χ3n) is 3.65. The number of carbonyl (C=O) groups excluding carboxylic acids is 1. The lowest BCUT2D eigenvalue weighted by atomic mass is 10.2. The molecule has 0 aromatic rings. The van der Waals surface area contributed by atoms with E-state index in [2.05, 4.69) is 15.5 Å². The average Bonchev–Trinajstić information content (AvgIpc) is 2.70. The Balaban J connectivity index is 2.13. The molecular weight excluding hydrogens is 242 g/mol. The fourth-order valence-corrected chi connectivity index (χ4v) is 2.37. The number of amides is 1. The minimum atomic E-state index is -0.00271. The molecule has 19 heavy (non-hydrogen) atoms. The number of hydrogen-bond donors (Lipinski definition) is 2. The highest BCUT2D eigenvalue weighted by atomic mass is 16.5. The molecule has 0 aromatic heterocycles. The van der Waals surface area contributed by atoms with Gasteiger partial charge in [0.05, 0.1) is 12.6 Å². The zero-order valence-electron chi connectivity index (χ0n) is 12.4. The van der Waals surface area contributed by atoms with Gasteiger partial charge >= 0.3 is 0 Å². The lowest BCUT2D eigenvalue weighted by Crippen LogP contribution is -2.47. The maximum absolute atomic E-state index is 12.0. The molecule has 112 valence electrons. The molecule has 0 bridgehead atoms. The summed E-state index contributed by atoms with van der Waals surface area (Å²) in [7, 11) is 1.69. The third-order valence-corrected chi connectivity index (χ3v) is 3.65. The molecule has 2 N–H and O–H groups in total. The van der Waals surface area contributed by atoms with Crippen LogP contribution in [0.4, 0.5) is 0 Å². The van der Waals surface area contributed by atoms with Crippen molar-refractivity contribution in [3.63, 3.8) is 0 Å². The molecule has 1 rings (SSSR count). The molecule has 1 aliphatic rings. The van der Waals surface area contributed by atoms with Gasteiger partial charge in [0.1, 0.15) is 0 Å². The monoisotopic (exact) mass is 271 g/mol. The van der Waals surface area contributed by atoms with Crippen molar-refractivity contribution in [3.05, 3.63) is 0 Å². The fraction of sp³-hybridized carbons (Fsp3) is 0.929. The van der Waals surface area contributed by atoms with Crippen molar-refractivity contribution in [1.82, 2.24) is 15.5 Å². The summed E-state index contributed by atoms with van der Waals surface area (Å²) in [5, 5.41) is 6.21. The van der Waals surface area contributed by atoms with Crippen LogP contribution in [0.25, 0.3) is 0 Å². The van der Waals surface area contributed by atoms with Gasteiger partial charge in [-0.1, -0.05) is 12.8 Å². The Labute approximate surface area is 117 Å². The summed E-state index contributed by atoms with van der Waals surface area (Å²) in [5.74, 6) is 0.149. The first-order valence-electron chi connectivity index (χ1n) is 7.47. The van der Waals surface area contributed by atoms with Gasteiger partial charge in [-0.2, -0.15) is 0 Å². The van der Waals surface area contributed by atoms with E-state index in [9.17, 15) is 4.79 Å². The van der Waals surface area contributed by atoms with E-state index in [0.29, 0.717) is 13.2 Å². The Morgan fingerprint density at radius 3 is 2.47 bits per heavy atom. The first-order chi connectivity index (χ1) is 9.25. The number of nitrogens with zero attached hydrogens (tertiary/aromatic N) is 1. The molecule has 5 nitrogen and oxygen atoms in total. The summed E-state index contributed by atoms with van der Waals surface area (Å²) in [5.41, 5.74) is 0. The van der Waals surface area contributed by atoms with Crippen LogP contribution in [0.3, 0.4) is 0 Å². The predicted octanol–water partition coefficient (Wildman–Crippen LogP) is 0.603. The molecule has 1 aliphatic heterocycles. The number of hydrogen-bond acceptors (Lipinski definition) is 4. The molecule has 0 saturated carbocycles. The smallest absolute Gasteiger partial charge is 0.237 e. The van der Waals surface area contributed by atoms with Crippen molar-refractivity contribution >= 4 is 5.91 Å². The standard InChI is InChI=1S/C14H29N3O2/c1-13(17-10-5-3-4-6-11-17)14(18)16-8-7-15-9-12-19-2/h13,15H,3-12H2,1-2H3,(H,16,18). The van der Waals surface area contributed by atoms with E-state index >= 15 is 0 Å². The van der Waals surface area contributed by atoms with Gasteiger partial charge < -0.3 is 15.4 Å². The molecule has 1 unspecified atom stereocenters.